The van der Waals surface area contributed by atoms with E-state index in [1.54, 1.807) is 9.80 Å². The molecular weight excluding hydrogens is 260 g/mol. The van der Waals surface area contributed by atoms with Gasteiger partial charge >= 0.3 is 12.0 Å². The lowest BCUT2D eigenvalue weighted by Crippen LogP contribution is -2.57. The van der Waals surface area contributed by atoms with Crippen LogP contribution in [0, 0.1) is 5.92 Å². The Kier molecular flexibility index (Phi) is 3.58. The van der Waals surface area contributed by atoms with Crippen LogP contribution in [-0.2, 0) is 9.53 Å². The molecule has 3 aliphatic heterocycles. The Labute approximate surface area is 118 Å². The Morgan fingerprint density at radius 2 is 1.80 bits per heavy atom. The number of carboxylic acid groups (broad SMARTS) is 1. The van der Waals surface area contributed by atoms with Gasteiger partial charge in [-0.3, -0.25) is 0 Å². The van der Waals surface area contributed by atoms with E-state index in [-0.39, 0.29) is 18.2 Å². The second kappa shape index (κ2) is 5.24. The maximum Gasteiger partial charge on any atom is 0.326 e. The van der Waals surface area contributed by atoms with Crippen molar-refractivity contribution in [1.29, 1.82) is 0 Å². The topological polar surface area (TPSA) is 70.1 Å². The maximum atomic E-state index is 12.6. The minimum absolute atomic E-state index is 0.121. The van der Waals surface area contributed by atoms with Crippen LogP contribution in [0.15, 0.2) is 0 Å². The standard InChI is InChI=1S/C14H22N2O4/c1-9-4-5-16(12(6-9)13(17)18)14(19)15-7-10-2-3-11(8-15)20-10/h9-12H,2-8H2,1H3,(H,17,18). The van der Waals surface area contributed by atoms with E-state index >= 15 is 0 Å². The molecule has 0 saturated carbocycles. The molecule has 2 bridgehead atoms. The third-order valence-corrected chi connectivity index (χ3v) is 4.71. The molecule has 0 aromatic rings. The lowest BCUT2D eigenvalue weighted by molar-refractivity contribution is -0.144. The van der Waals surface area contributed by atoms with Crippen LogP contribution in [0.4, 0.5) is 4.79 Å². The van der Waals surface area contributed by atoms with Crippen LogP contribution >= 0.6 is 0 Å². The Bertz CT molecular complexity index is 402. The predicted octanol–water partition coefficient (Wildman–Crippen LogP) is 1.15. The number of piperidine rings is 1. The number of carboxylic acids is 1. The molecule has 4 unspecified atom stereocenters. The summed E-state index contributed by atoms with van der Waals surface area (Å²) in [6.45, 7) is 3.80. The molecule has 20 heavy (non-hydrogen) atoms. The van der Waals surface area contributed by atoms with Gasteiger partial charge in [0.05, 0.1) is 12.2 Å². The summed E-state index contributed by atoms with van der Waals surface area (Å²) in [6, 6.07) is -0.795. The van der Waals surface area contributed by atoms with Crippen molar-refractivity contribution in [3.05, 3.63) is 0 Å². The van der Waals surface area contributed by atoms with E-state index in [4.69, 9.17) is 4.74 Å². The number of likely N-dealkylation sites (tertiary alicyclic amines) is 2. The number of aliphatic carboxylic acids is 1. The number of nitrogens with zero attached hydrogens (tertiary/aromatic N) is 2. The molecule has 6 heteroatoms. The van der Waals surface area contributed by atoms with Crippen molar-refractivity contribution in [1.82, 2.24) is 9.80 Å². The fourth-order valence-corrected chi connectivity index (χ4v) is 3.56. The van der Waals surface area contributed by atoms with E-state index < -0.39 is 12.0 Å². The van der Waals surface area contributed by atoms with E-state index in [0.717, 1.165) is 19.3 Å². The molecule has 6 nitrogen and oxygen atoms in total. The Morgan fingerprint density at radius 1 is 1.15 bits per heavy atom. The molecule has 0 spiro atoms. The molecule has 1 N–H and O–H groups in total. The fourth-order valence-electron chi connectivity index (χ4n) is 3.56. The summed E-state index contributed by atoms with van der Waals surface area (Å²) in [6.07, 6.45) is 3.74. The first kappa shape index (κ1) is 13.7. The number of hydrogen-bond acceptors (Lipinski definition) is 3. The van der Waals surface area contributed by atoms with Crippen LogP contribution in [0.3, 0.4) is 0 Å². The van der Waals surface area contributed by atoms with Crippen LogP contribution in [0.1, 0.15) is 32.6 Å². The summed E-state index contributed by atoms with van der Waals surface area (Å²) in [4.78, 5) is 27.4. The van der Waals surface area contributed by atoms with Gasteiger partial charge in [0.15, 0.2) is 0 Å². The highest BCUT2D eigenvalue weighted by Gasteiger charge is 2.41. The molecule has 3 fully saturated rings. The molecule has 112 valence electrons. The molecule has 2 amide bonds. The smallest absolute Gasteiger partial charge is 0.326 e. The number of ether oxygens (including phenoxy) is 1. The van der Waals surface area contributed by atoms with Crippen LogP contribution in [-0.4, -0.2) is 64.8 Å². The lowest BCUT2D eigenvalue weighted by Gasteiger charge is -2.41. The third kappa shape index (κ3) is 2.49. The van der Waals surface area contributed by atoms with Gasteiger partial charge < -0.3 is 19.6 Å². The van der Waals surface area contributed by atoms with Crippen molar-refractivity contribution < 1.29 is 19.4 Å². The van der Waals surface area contributed by atoms with Gasteiger partial charge in [0.2, 0.25) is 0 Å². The van der Waals surface area contributed by atoms with Crippen molar-refractivity contribution in [2.75, 3.05) is 19.6 Å². The van der Waals surface area contributed by atoms with Crippen molar-refractivity contribution in [3.8, 4) is 0 Å². The first-order valence-corrected chi connectivity index (χ1v) is 7.48. The number of hydrogen-bond donors (Lipinski definition) is 1. The second-order valence-corrected chi connectivity index (χ2v) is 6.32. The van der Waals surface area contributed by atoms with E-state index in [9.17, 15) is 14.7 Å². The van der Waals surface area contributed by atoms with Crippen LogP contribution in [0.5, 0.6) is 0 Å². The first-order chi connectivity index (χ1) is 9.54. The van der Waals surface area contributed by atoms with Gasteiger partial charge in [0, 0.05) is 19.6 Å². The van der Waals surface area contributed by atoms with Gasteiger partial charge in [-0.2, -0.15) is 0 Å². The van der Waals surface area contributed by atoms with Crippen LogP contribution in [0.2, 0.25) is 0 Å². The number of amides is 2. The molecule has 3 saturated heterocycles. The number of rotatable bonds is 1. The normalized spacial score (nSPS) is 37.0. The van der Waals surface area contributed by atoms with Crippen molar-refractivity contribution >= 4 is 12.0 Å². The summed E-state index contributed by atoms with van der Waals surface area (Å²) in [5, 5.41) is 9.35. The third-order valence-electron chi connectivity index (χ3n) is 4.71. The number of carbonyl (C=O) groups excluding carboxylic acids is 1. The molecule has 3 heterocycles. The number of fused-ring (bicyclic) bond motifs is 2. The first-order valence-electron chi connectivity index (χ1n) is 7.48. The molecule has 3 aliphatic rings. The minimum atomic E-state index is -0.888. The Balaban J connectivity index is 1.70. The van der Waals surface area contributed by atoms with Crippen LogP contribution < -0.4 is 0 Å². The predicted molar refractivity (Wildman–Crippen MR) is 71.4 cm³/mol. The fraction of sp³-hybridized carbons (Fsp3) is 0.857. The lowest BCUT2D eigenvalue weighted by atomic mass is 9.92. The quantitative estimate of drug-likeness (QED) is 0.783. The summed E-state index contributed by atoms with van der Waals surface area (Å²) >= 11 is 0. The SMILES string of the molecule is CC1CCN(C(=O)N2CC3CCC(C2)O3)C(C(=O)O)C1. The number of carbonyl (C=O) groups is 2. The van der Waals surface area contributed by atoms with Crippen LogP contribution in [0.25, 0.3) is 0 Å². The van der Waals surface area contributed by atoms with Crippen molar-refractivity contribution in [2.45, 2.75) is 50.9 Å². The van der Waals surface area contributed by atoms with E-state index in [2.05, 4.69) is 0 Å². The van der Waals surface area contributed by atoms with E-state index in [0.29, 0.717) is 32.0 Å². The summed E-state index contributed by atoms with van der Waals surface area (Å²) < 4.78 is 5.73. The highest BCUT2D eigenvalue weighted by Crippen LogP contribution is 2.29. The van der Waals surface area contributed by atoms with Crippen molar-refractivity contribution in [3.63, 3.8) is 0 Å². The highest BCUT2D eigenvalue weighted by molar-refractivity contribution is 5.83. The van der Waals surface area contributed by atoms with E-state index in [1.807, 2.05) is 6.92 Å². The molecule has 0 aliphatic carbocycles. The van der Waals surface area contributed by atoms with Gasteiger partial charge in [-0.15, -0.1) is 0 Å². The van der Waals surface area contributed by atoms with E-state index in [1.165, 1.54) is 0 Å². The second-order valence-electron chi connectivity index (χ2n) is 6.32. The average molecular weight is 282 g/mol. The minimum Gasteiger partial charge on any atom is -0.480 e. The molecular formula is C14H22N2O4. The molecule has 0 radical (unpaired) electrons. The molecule has 0 aromatic heterocycles. The van der Waals surface area contributed by atoms with Gasteiger partial charge in [0.1, 0.15) is 6.04 Å². The molecule has 3 rings (SSSR count). The zero-order valence-corrected chi connectivity index (χ0v) is 11.8. The van der Waals surface area contributed by atoms with Gasteiger partial charge in [-0.1, -0.05) is 6.92 Å². The Morgan fingerprint density at radius 3 is 2.40 bits per heavy atom. The highest BCUT2D eigenvalue weighted by atomic mass is 16.5. The van der Waals surface area contributed by atoms with Crippen molar-refractivity contribution in [2.24, 2.45) is 5.92 Å². The van der Waals surface area contributed by atoms with Gasteiger partial charge in [-0.05, 0) is 31.6 Å². The zero-order chi connectivity index (χ0) is 14.3. The van der Waals surface area contributed by atoms with Gasteiger partial charge in [0.25, 0.3) is 0 Å². The summed E-state index contributed by atoms with van der Waals surface area (Å²) in [5.41, 5.74) is 0. The average Bonchev–Trinajstić information content (AvgIpc) is 2.76. The molecule has 4 atom stereocenters. The zero-order valence-electron chi connectivity index (χ0n) is 11.8. The van der Waals surface area contributed by atoms with Gasteiger partial charge in [-0.25, -0.2) is 9.59 Å². The number of urea groups is 1. The number of morpholine rings is 1. The Hall–Kier alpha value is -1.30. The summed E-state index contributed by atoms with van der Waals surface area (Å²) in [5.74, 6) is -0.526. The monoisotopic (exact) mass is 282 g/mol. The summed E-state index contributed by atoms with van der Waals surface area (Å²) in [7, 11) is 0. The largest absolute Gasteiger partial charge is 0.480 e. The molecule has 0 aromatic carbocycles. The maximum absolute atomic E-state index is 12.6.